The van der Waals surface area contributed by atoms with Crippen LogP contribution >= 0.6 is 0 Å². The minimum atomic E-state index is -3.81. The first-order chi connectivity index (χ1) is 7.63. The molecule has 0 spiro atoms. The molecule has 0 radical (unpaired) electrons. The second-order valence-corrected chi connectivity index (χ2v) is 8.35. The molecule has 100 valence electrons. The molecule has 1 saturated heterocycles. The molecule has 0 aromatic rings. The van der Waals surface area contributed by atoms with Gasteiger partial charge in [0.15, 0.2) is 0 Å². The van der Waals surface area contributed by atoms with Gasteiger partial charge in [0.25, 0.3) is 0 Å². The highest BCUT2D eigenvalue weighted by atomic mass is 32.2. The number of rotatable bonds is 5. The molecule has 1 N–H and O–H groups in total. The van der Waals surface area contributed by atoms with Gasteiger partial charge in [-0.25, -0.2) is 16.8 Å². The van der Waals surface area contributed by atoms with E-state index in [2.05, 4.69) is 0 Å². The van der Waals surface area contributed by atoms with Crippen LogP contribution in [0.5, 0.6) is 0 Å². The minimum Gasteiger partial charge on any atom is -0.480 e. The molecule has 0 unspecified atom stereocenters. The second kappa shape index (κ2) is 4.91. The number of sulfone groups is 1. The third kappa shape index (κ3) is 3.93. The summed E-state index contributed by atoms with van der Waals surface area (Å²) in [6, 6.07) is -1.06. The van der Waals surface area contributed by atoms with E-state index in [0.29, 0.717) is 6.42 Å². The number of hydrogen-bond donors (Lipinski definition) is 1. The predicted octanol–water partition coefficient (Wildman–Crippen LogP) is -1.09. The first-order valence-corrected chi connectivity index (χ1v) is 8.70. The van der Waals surface area contributed by atoms with E-state index in [9.17, 15) is 21.6 Å². The molecule has 1 atom stereocenters. The summed E-state index contributed by atoms with van der Waals surface area (Å²) in [5.74, 6) is -2.24. The highest BCUT2D eigenvalue weighted by molar-refractivity contribution is 7.93. The molecule has 0 bridgehead atoms. The molecule has 1 heterocycles. The van der Waals surface area contributed by atoms with Crippen molar-refractivity contribution >= 4 is 25.8 Å². The molecular weight excluding hydrogens is 270 g/mol. The van der Waals surface area contributed by atoms with Crippen LogP contribution in [0.2, 0.25) is 0 Å². The molecular formula is C8H15NO6S2. The van der Waals surface area contributed by atoms with Crippen molar-refractivity contribution < 1.29 is 26.7 Å². The van der Waals surface area contributed by atoms with Crippen molar-refractivity contribution in [2.24, 2.45) is 0 Å². The Kier molecular flexibility index (Phi) is 4.15. The van der Waals surface area contributed by atoms with Crippen molar-refractivity contribution in [1.29, 1.82) is 0 Å². The lowest BCUT2D eigenvalue weighted by Gasteiger charge is -2.20. The third-order valence-corrected chi connectivity index (χ3v) is 5.63. The summed E-state index contributed by atoms with van der Waals surface area (Å²) in [5.41, 5.74) is 0. The molecule has 1 aliphatic rings. The summed E-state index contributed by atoms with van der Waals surface area (Å²) in [6.45, 7) is 0.142. The maximum absolute atomic E-state index is 11.8. The highest BCUT2D eigenvalue weighted by Gasteiger charge is 2.38. The summed E-state index contributed by atoms with van der Waals surface area (Å²) in [6.07, 6.45) is 1.70. The lowest BCUT2D eigenvalue weighted by molar-refractivity contribution is -0.140. The van der Waals surface area contributed by atoms with E-state index in [1.54, 1.807) is 0 Å². The molecule has 1 fully saturated rings. The van der Waals surface area contributed by atoms with Gasteiger partial charge in [0.2, 0.25) is 10.0 Å². The number of nitrogens with zero attached hydrogens (tertiary/aromatic N) is 1. The van der Waals surface area contributed by atoms with Crippen molar-refractivity contribution in [2.45, 2.75) is 18.9 Å². The van der Waals surface area contributed by atoms with E-state index in [1.165, 1.54) is 0 Å². The van der Waals surface area contributed by atoms with Gasteiger partial charge in [-0.05, 0) is 12.8 Å². The summed E-state index contributed by atoms with van der Waals surface area (Å²) >= 11 is 0. The Hall–Kier alpha value is -0.670. The zero-order chi connectivity index (χ0) is 13.3. The fraction of sp³-hybridized carbons (Fsp3) is 0.875. The number of aliphatic carboxylic acids is 1. The Morgan fingerprint density at radius 2 is 1.88 bits per heavy atom. The van der Waals surface area contributed by atoms with Gasteiger partial charge < -0.3 is 5.11 Å². The molecule has 1 aliphatic heterocycles. The average Bonchev–Trinajstić information content (AvgIpc) is 2.62. The molecule has 0 aliphatic carbocycles. The number of carbonyl (C=O) groups is 1. The quantitative estimate of drug-likeness (QED) is 0.687. The topological polar surface area (TPSA) is 109 Å². The lowest BCUT2D eigenvalue weighted by Crippen LogP contribution is -2.42. The van der Waals surface area contributed by atoms with Crippen LogP contribution in [0, 0.1) is 0 Å². The van der Waals surface area contributed by atoms with Crippen LogP contribution in [-0.4, -0.2) is 62.6 Å². The first kappa shape index (κ1) is 14.4. The minimum absolute atomic E-state index is 0.142. The van der Waals surface area contributed by atoms with E-state index in [4.69, 9.17) is 5.11 Å². The molecule has 17 heavy (non-hydrogen) atoms. The highest BCUT2D eigenvalue weighted by Crippen LogP contribution is 2.21. The number of sulfonamides is 1. The summed E-state index contributed by atoms with van der Waals surface area (Å²) in [4.78, 5) is 10.8. The predicted molar refractivity (Wildman–Crippen MR) is 60.9 cm³/mol. The zero-order valence-electron chi connectivity index (χ0n) is 9.37. The summed E-state index contributed by atoms with van der Waals surface area (Å²) in [7, 11) is -7.19. The van der Waals surface area contributed by atoms with Gasteiger partial charge in [0, 0.05) is 12.8 Å². The molecule has 0 saturated carbocycles. The van der Waals surface area contributed by atoms with E-state index in [-0.39, 0.29) is 13.0 Å². The lowest BCUT2D eigenvalue weighted by atomic mass is 10.2. The average molecular weight is 285 g/mol. The van der Waals surface area contributed by atoms with Gasteiger partial charge in [-0.1, -0.05) is 0 Å². The van der Waals surface area contributed by atoms with Crippen molar-refractivity contribution in [1.82, 2.24) is 4.31 Å². The fourth-order valence-electron chi connectivity index (χ4n) is 1.69. The van der Waals surface area contributed by atoms with Gasteiger partial charge in [-0.2, -0.15) is 4.31 Å². The van der Waals surface area contributed by atoms with E-state index < -0.39 is 43.4 Å². The van der Waals surface area contributed by atoms with Gasteiger partial charge in [-0.3, -0.25) is 4.79 Å². The number of carboxylic acids is 1. The van der Waals surface area contributed by atoms with Gasteiger partial charge in [0.1, 0.15) is 15.9 Å². The zero-order valence-corrected chi connectivity index (χ0v) is 11.0. The molecule has 0 amide bonds. The Morgan fingerprint density at radius 3 is 2.35 bits per heavy atom. The van der Waals surface area contributed by atoms with Crippen LogP contribution in [0.15, 0.2) is 0 Å². The Bertz CT molecular complexity index is 494. The third-order valence-electron chi connectivity index (χ3n) is 2.56. The Balaban J connectivity index is 2.80. The van der Waals surface area contributed by atoms with Gasteiger partial charge in [0.05, 0.1) is 11.5 Å². The largest absolute Gasteiger partial charge is 0.480 e. The van der Waals surface area contributed by atoms with Gasteiger partial charge >= 0.3 is 5.97 Å². The number of carboxylic acid groups (broad SMARTS) is 1. The normalized spacial score (nSPS) is 22.8. The molecule has 0 aromatic carbocycles. The monoisotopic (exact) mass is 285 g/mol. The standard InChI is InChI=1S/C8H15NO6S2/c1-16(12,13)5-6-17(14,15)9-4-2-3-7(9)8(10)11/h7H,2-6H2,1H3,(H,10,11)/t7-/m1/s1. The van der Waals surface area contributed by atoms with Crippen molar-refractivity contribution in [3.05, 3.63) is 0 Å². The van der Waals surface area contributed by atoms with Crippen molar-refractivity contribution in [3.8, 4) is 0 Å². The summed E-state index contributed by atoms with van der Waals surface area (Å²) in [5, 5.41) is 8.85. The first-order valence-electron chi connectivity index (χ1n) is 5.03. The number of hydrogen-bond acceptors (Lipinski definition) is 5. The van der Waals surface area contributed by atoms with Crippen LogP contribution in [0.4, 0.5) is 0 Å². The smallest absolute Gasteiger partial charge is 0.322 e. The van der Waals surface area contributed by atoms with Crippen LogP contribution in [0.25, 0.3) is 0 Å². The second-order valence-electron chi connectivity index (χ2n) is 4.05. The SMILES string of the molecule is CS(=O)(=O)CCS(=O)(=O)N1CCC[C@@H]1C(=O)O. The van der Waals surface area contributed by atoms with Gasteiger partial charge in [-0.15, -0.1) is 0 Å². The maximum Gasteiger partial charge on any atom is 0.322 e. The van der Waals surface area contributed by atoms with Crippen LogP contribution < -0.4 is 0 Å². The molecule has 1 rings (SSSR count). The molecule has 9 heteroatoms. The van der Waals surface area contributed by atoms with Crippen LogP contribution in [0.3, 0.4) is 0 Å². The fourth-order valence-corrected chi connectivity index (χ4v) is 4.97. The van der Waals surface area contributed by atoms with E-state index in [0.717, 1.165) is 10.6 Å². The van der Waals surface area contributed by atoms with E-state index >= 15 is 0 Å². The Morgan fingerprint density at radius 1 is 1.29 bits per heavy atom. The maximum atomic E-state index is 11.8. The van der Waals surface area contributed by atoms with E-state index in [1.807, 2.05) is 0 Å². The molecule has 7 nitrogen and oxygen atoms in total. The summed E-state index contributed by atoms with van der Waals surface area (Å²) < 4.78 is 46.3. The van der Waals surface area contributed by atoms with Crippen LogP contribution in [0.1, 0.15) is 12.8 Å². The van der Waals surface area contributed by atoms with Crippen LogP contribution in [-0.2, 0) is 24.7 Å². The van der Waals surface area contributed by atoms with Crippen molar-refractivity contribution in [2.75, 3.05) is 24.3 Å². The molecule has 0 aromatic heterocycles. The van der Waals surface area contributed by atoms with Crippen molar-refractivity contribution in [3.63, 3.8) is 0 Å². The Labute approximate surface area is 100 Å².